The molecule has 0 spiro atoms. The monoisotopic (exact) mass is 251 g/mol. The van der Waals surface area contributed by atoms with Crippen molar-refractivity contribution < 1.29 is 13.9 Å². The van der Waals surface area contributed by atoms with Crippen LogP contribution < -0.4 is 5.32 Å². The van der Waals surface area contributed by atoms with E-state index in [2.05, 4.69) is 5.32 Å². The molecular formula is C14H18FNO2. The largest absolute Gasteiger partial charge is 0.464 e. The summed E-state index contributed by atoms with van der Waals surface area (Å²) in [6.07, 6.45) is 2.00. The summed E-state index contributed by atoms with van der Waals surface area (Å²) in [6.45, 7) is 3.97. The van der Waals surface area contributed by atoms with E-state index in [1.165, 1.54) is 12.1 Å². The molecule has 1 aliphatic rings. The summed E-state index contributed by atoms with van der Waals surface area (Å²) >= 11 is 0. The molecule has 4 heteroatoms. The summed E-state index contributed by atoms with van der Waals surface area (Å²) in [4.78, 5) is 12.1. The summed E-state index contributed by atoms with van der Waals surface area (Å²) in [7, 11) is 0. The summed E-state index contributed by atoms with van der Waals surface area (Å²) in [6, 6.07) is 6.14. The summed E-state index contributed by atoms with van der Waals surface area (Å²) in [5.74, 6) is -0.321. The average Bonchev–Trinajstić information content (AvgIpc) is 3.13. The summed E-state index contributed by atoms with van der Waals surface area (Å²) < 4.78 is 18.3. The minimum atomic E-state index is -0.760. The number of halogens is 1. The Morgan fingerprint density at radius 3 is 2.83 bits per heavy atom. The van der Waals surface area contributed by atoms with Crippen molar-refractivity contribution in [2.75, 3.05) is 11.9 Å². The first-order chi connectivity index (χ1) is 8.56. The summed E-state index contributed by atoms with van der Waals surface area (Å²) in [5, 5.41) is 3.13. The molecule has 2 rings (SSSR count). The Balaban J connectivity index is 2.18. The van der Waals surface area contributed by atoms with E-state index in [1.807, 2.05) is 6.92 Å². The predicted octanol–water partition coefficient (Wildman–Crippen LogP) is 2.97. The van der Waals surface area contributed by atoms with Gasteiger partial charge in [-0.3, -0.25) is 0 Å². The number of hydrogen-bond acceptors (Lipinski definition) is 3. The van der Waals surface area contributed by atoms with Gasteiger partial charge in [0, 0.05) is 5.69 Å². The minimum absolute atomic E-state index is 0.264. The summed E-state index contributed by atoms with van der Waals surface area (Å²) in [5.41, 5.74) is -0.151. The fraction of sp³-hybridized carbons (Fsp3) is 0.500. The van der Waals surface area contributed by atoms with Crippen LogP contribution in [0.5, 0.6) is 0 Å². The molecular weight excluding hydrogens is 233 g/mol. The third-order valence-electron chi connectivity index (χ3n) is 3.32. The second kappa shape index (κ2) is 4.96. The van der Waals surface area contributed by atoms with Gasteiger partial charge in [-0.2, -0.15) is 0 Å². The molecule has 0 aromatic heterocycles. The molecule has 3 nitrogen and oxygen atoms in total. The Kier molecular flexibility index (Phi) is 3.55. The van der Waals surface area contributed by atoms with Crippen LogP contribution in [0, 0.1) is 11.7 Å². The van der Waals surface area contributed by atoms with Gasteiger partial charge in [0.05, 0.1) is 6.61 Å². The van der Waals surface area contributed by atoms with Crippen LogP contribution >= 0.6 is 0 Å². The fourth-order valence-corrected chi connectivity index (χ4v) is 2.13. The van der Waals surface area contributed by atoms with Crippen molar-refractivity contribution in [2.45, 2.75) is 32.2 Å². The number of rotatable bonds is 5. The van der Waals surface area contributed by atoms with E-state index in [-0.39, 0.29) is 17.7 Å². The molecule has 1 aliphatic carbocycles. The van der Waals surface area contributed by atoms with Crippen LogP contribution in [0.4, 0.5) is 10.1 Å². The van der Waals surface area contributed by atoms with E-state index >= 15 is 0 Å². The molecule has 1 aromatic rings. The molecule has 0 radical (unpaired) electrons. The third kappa shape index (κ3) is 2.63. The Morgan fingerprint density at radius 1 is 1.56 bits per heavy atom. The average molecular weight is 251 g/mol. The second-order valence-corrected chi connectivity index (χ2v) is 4.83. The number of carbonyl (C=O) groups is 1. The highest BCUT2D eigenvalue weighted by Crippen LogP contribution is 2.42. The fourth-order valence-electron chi connectivity index (χ4n) is 2.13. The van der Waals surface area contributed by atoms with Gasteiger partial charge in [-0.05, 0) is 50.8 Å². The van der Waals surface area contributed by atoms with E-state index in [0.717, 1.165) is 12.8 Å². The lowest BCUT2D eigenvalue weighted by molar-refractivity contribution is -0.148. The zero-order valence-electron chi connectivity index (χ0n) is 10.7. The van der Waals surface area contributed by atoms with Crippen molar-refractivity contribution in [1.29, 1.82) is 0 Å². The lowest BCUT2D eigenvalue weighted by Crippen LogP contribution is -2.46. The van der Waals surface area contributed by atoms with Gasteiger partial charge in [0.25, 0.3) is 0 Å². The topological polar surface area (TPSA) is 38.3 Å². The molecule has 0 saturated heterocycles. The Labute approximate surface area is 106 Å². The quantitative estimate of drug-likeness (QED) is 0.818. The first-order valence-corrected chi connectivity index (χ1v) is 6.27. The van der Waals surface area contributed by atoms with Gasteiger partial charge < -0.3 is 10.1 Å². The van der Waals surface area contributed by atoms with Crippen molar-refractivity contribution in [1.82, 2.24) is 0 Å². The van der Waals surface area contributed by atoms with Gasteiger partial charge in [0.2, 0.25) is 0 Å². The maximum atomic E-state index is 13.2. The molecule has 1 saturated carbocycles. The lowest BCUT2D eigenvalue weighted by atomic mass is 9.95. The maximum absolute atomic E-state index is 13.2. The highest BCUT2D eigenvalue weighted by molar-refractivity contribution is 5.85. The smallest absolute Gasteiger partial charge is 0.331 e. The van der Waals surface area contributed by atoms with E-state index in [0.29, 0.717) is 12.3 Å². The highest BCUT2D eigenvalue weighted by atomic mass is 19.1. The number of esters is 1. The van der Waals surface area contributed by atoms with Gasteiger partial charge in [-0.1, -0.05) is 6.07 Å². The second-order valence-electron chi connectivity index (χ2n) is 4.83. The minimum Gasteiger partial charge on any atom is -0.464 e. The Hall–Kier alpha value is -1.58. The zero-order valence-corrected chi connectivity index (χ0v) is 10.7. The SMILES string of the molecule is CCOC(=O)C(C)(Nc1cccc(F)c1)C1CC1. The number of hydrogen-bond donors (Lipinski definition) is 1. The van der Waals surface area contributed by atoms with Crippen LogP contribution in [-0.2, 0) is 9.53 Å². The van der Waals surface area contributed by atoms with Gasteiger partial charge in [-0.15, -0.1) is 0 Å². The van der Waals surface area contributed by atoms with Crippen LogP contribution in [0.3, 0.4) is 0 Å². The lowest BCUT2D eigenvalue weighted by Gasteiger charge is -2.29. The van der Waals surface area contributed by atoms with Gasteiger partial charge >= 0.3 is 5.97 Å². The third-order valence-corrected chi connectivity index (χ3v) is 3.32. The molecule has 1 atom stereocenters. The molecule has 1 N–H and O–H groups in total. The van der Waals surface area contributed by atoms with E-state index in [9.17, 15) is 9.18 Å². The Bertz CT molecular complexity index is 445. The number of nitrogens with one attached hydrogen (secondary N) is 1. The first kappa shape index (κ1) is 12.9. The van der Waals surface area contributed by atoms with Crippen molar-refractivity contribution in [3.8, 4) is 0 Å². The molecule has 0 bridgehead atoms. The van der Waals surface area contributed by atoms with Crippen molar-refractivity contribution in [3.05, 3.63) is 30.1 Å². The number of carbonyl (C=O) groups excluding carboxylic acids is 1. The van der Waals surface area contributed by atoms with Crippen LogP contribution in [0.15, 0.2) is 24.3 Å². The maximum Gasteiger partial charge on any atom is 0.331 e. The van der Waals surface area contributed by atoms with Crippen LogP contribution in [0.1, 0.15) is 26.7 Å². The van der Waals surface area contributed by atoms with E-state index in [4.69, 9.17) is 4.74 Å². The van der Waals surface area contributed by atoms with Crippen molar-refractivity contribution in [3.63, 3.8) is 0 Å². The molecule has 1 fully saturated rings. The van der Waals surface area contributed by atoms with Gasteiger partial charge in [0.1, 0.15) is 11.4 Å². The van der Waals surface area contributed by atoms with E-state index in [1.54, 1.807) is 19.1 Å². The van der Waals surface area contributed by atoms with E-state index < -0.39 is 5.54 Å². The molecule has 1 aromatic carbocycles. The van der Waals surface area contributed by atoms with Crippen LogP contribution in [-0.4, -0.2) is 18.1 Å². The van der Waals surface area contributed by atoms with Crippen LogP contribution in [0.2, 0.25) is 0 Å². The Morgan fingerprint density at radius 2 is 2.28 bits per heavy atom. The predicted molar refractivity (Wildman–Crippen MR) is 67.8 cm³/mol. The molecule has 0 heterocycles. The molecule has 0 aliphatic heterocycles. The zero-order chi connectivity index (χ0) is 13.2. The molecule has 98 valence electrons. The standard InChI is InChI=1S/C14H18FNO2/c1-3-18-13(17)14(2,10-7-8-10)16-12-6-4-5-11(15)9-12/h4-6,9-10,16H,3,7-8H2,1-2H3. The first-order valence-electron chi connectivity index (χ1n) is 6.27. The van der Waals surface area contributed by atoms with Gasteiger partial charge in [-0.25, -0.2) is 9.18 Å². The number of ether oxygens (including phenoxy) is 1. The molecule has 18 heavy (non-hydrogen) atoms. The van der Waals surface area contributed by atoms with Crippen molar-refractivity contribution in [2.24, 2.45) is 5.92 Å². The number of anilines is 1. The van der Waals surface area contributed by atoms with Crippen molar-refractivity contribution >= 4 is 11.7 Å². The highest BCUT2D eigenvalue weighted by Gasteiger charge is 2.48. The van der Waals surface area contributed by atoms with Crippen LogP contribution in [0.25, 0.3) is 0 Å². The molecule has 1 unspecified atom stereocenters. The number of benzene rings is 1. The normalized spacial score (nSPS) is 17.9. The molecule has 0 amide bonds. The van der Waals surface area contributed by atoms with Gasteiger partial charge in [0.15, 0.2) is 0 Å².